The molecule has 0 aromatic heterocycles. The molecule has 1 N–H and O–H groups in total. The maximum Gasteiger partial charge on any atom is 0.0338 e. The van der Waals surface area contributed by atoms with E-state index in [1.807, 2.05) is 0 Å². The highest BCUT2D eigenvalue weighted by molar-refractivity contribution is 6.25. The van der Waals surface area contributed by atoms with E-state index < -0.39 is 0 Å². The Morgan fingerprint density at radius 1 is 1.41 bits per heavy atom. The number of rotatable bonds is 4. The van der Waals surface area contributed by atoms with Crippen LogP contribution in [0.1, 0.15) is 40.0 Å². The molecule has 1 saturated heterocycles. The second-order valence-corrected chi connectivity index (χ2v) is 6.39. The van der Waals surface area contributed by atoms with E-state index in [4.69, 9.17) is 11.6 Å². The average molecular weight is 257 g/mol. The molecule has 0 amide bonds. The van der Waals surface area contributed by atoms with Crippen molar-refractivity contribution in [2.75, 3.05) is 19.6 Å². The lowest BCUT2D eigenvalue weighted by Gasteiger charge is -2.52. The zero-order chi connectivity index (χ0) is 12.5. The highest BCUT2D eigenvalue weighted by Gasteiger charge is 2.49. The zero-order valence-corrected chi connectivity index (χ0v) is 12.1. The van der Waals surface area contributed by atoms with E-state index in [1.165, 1.54) is 19.3 Å². The molecular formula is C14H25ClN2. The van der Waals surface area contributed by atoms with Gasteiger partial charge in [0, 0.05) is 36.2 Å². The summed E-state index contributed by atoms with van der Waals surface area (Å²) in [6.07, 6.45) is 6.03. The second kappa shape index (κ2) is 4.91. The highest BCUT2D eigenvalue weighted by Crippen LogP contribution is 2.45. The van der Waals surface area contributed by atoms with Crippen LogP contribution < -0.4 is 5.32 Å². The summed E-state index contributed by atoms with van der Waals surface area (Å²) in [5, 5.41) is 3.76. The summed E-state index contributed by atoms with van der Waals surface area (Å²) in [4.78, 5) is 2.63. The summed E-state index contributed by atoms with van der Waals surface area (Å²) in [6.45, 7) is 10.2. The summed E-state index contributed by atoms with van der Waals surface area (Å²) in [5.74, 6) is 0.875. The number of hydrogen-bond acceptors (Lipinski definition) is 2. The van der Waals surface area contributed by atoms with Crippen LogP contribution in [0.4, 0.5) is 0 Å². The van der Waals surface area contributed by atoms with Crippen LogP contribution in [0.3, 0.4) is 0 Å². The molecule has 2 nitrogen and oxygen atoms in total. The molecule has 1 aliphatic heterocycles. The molecule has 3 heteroatoms. The van der Waals surface area contributed by atoms with Crippen molar-refractivity contribution in [3.63, 3.8) is 0 Å². The van der Waals surface area contributed by atoms with Gasteiger partial charge in [-0.1, -0.05) is 24.6 Å². The molecule has 0 bridgehead atoms. The number of nitrogens with one attached hydrogen (secondary N) is 1. The lowest BCUT2D eigenvalue weighted by molar-refractivity contribution is 0.0145. The number of nitrogens with zero attached hydrogens (tertiary/aromatic N) is 1. The van der Waals surface area contributed by atoms with Gasteiger partial charge in [0.15, 0.2) is 0 Å². The molecule has 2 unspecified atom stereocenters. The molecule has 1 saturated carbocycles. The molecule has 0 radical (unpaired) electrons. The standard InChI is InChI=1S/C14H25ClN2/c1-4-13(2)11-17(9-5-8-15)14(3,10-16-13)12-6-7-12/h5,8,12,16H,4,6-7,9-11H2,1-3H3/b8-5+. The summed E-state index contributed by atoms with van der Waals surface area (Å²) in [6, 6.07) is 0. The van der Waals surface area contributed by atoms with Crippen LogP contribution in [-0.2, 0) is 0 Å². The van der Waals surface area contributed by atoms with E-state index in [0.29, 0.717) is 5.54 Å². The molecule has 2 atom stereocenters. The summed E-state index contributed by atoms with van der Waals surface area (Å²) >= 11 is 5.69. The van der Waals surface area contributed by atoms with Crippen molar-refractivity contribution in [2.24, 2.45) is 5.92 Å². The molecule has 17 heavy (non-hydrogen) atoms. The van der Waals surface area contributed by atoms with Gasteiger partial charge in [0.2, 0.25) is 0 Å². The molecule has 2 aliphatic rings. The molecule has 1 heterocycles. The first-order valence-corrected chi connectivity index (χ1v) is 7.23. The van der Waals surface area contributed by atoms with E-state index in [9.17, 15) is 0 Å². The van der Waals surface area contributed by atoms with Crippen LogP contribution in [-0.4, -0.2) is 35.6 Å². The molecule has 0 aromatic rings. The van der Waals surface area contributed by atoms with Crippen molar-refractivity contribution < 1.29 is 0 Å². The van der Waals surface area contributed by atoms with E-state index in [-0.39, 0.29) is 5.54 Å². The van der Waals surface area contributed by atoms with Crippen LogP contribution in [0, 0.1) is 5.92 Å². The summed E-state index contributed by atoms with van der Waals surface area (Å²) in [7, 11) is 0. The fourth-order valence-corrected chi connectivity index (χ4v) is 3.03. The lowest BCUT2D eigenvalue weighted by atomic mass is 9.84. The van der Waals surface area contributed by atoms with Gasteiger partial charge >= 0.3 is 0 Å². The van der Waals surface area contributed by atoms with Crippen molar-refractivity contribution in [1.82, 2.24) is 10.2 Å². The normalized spacial score (nSPS) is 40.0. The predicted molar refractivity (Wildman–Crippen MR) is 74.4 cm³/mol. The van der Waals surface area contributed by atoms with Crippen LogP contribution in [0.15, 0.2) is 11.6 Å². The quantitative estimate of drug-likeness (QED) is 0.832. The summed E-state index contributed by atoms with van der Waals surface area (Å²) in [5.41, 5.74) is 2.23. The van der Waals surface area contributed by atoms with Gasteiger partial charge in [0.25, 0.3) is 0 Å². The number of halogens is 1. The average Bonchev–Trinajstić information content (AvgIpc) is 3.15. The first kappa shape index (κ1) is 13.4. The minimum absolute atomic E-state index is 0.258. The van der Waals surface area contributed by atoms with Crippen molar-refractivity contribution >= 4 is 11.6 Å². The van der Waals surface area contributed by atoms with Gasteiger partial charge in [0.05, 0.1) is 0 Å². The van der Waals surface area contributed by atoms with Crippen molar-refractivity contribution in [1.29, 1.82) is 0 Å². The fraction of sp³-hybridized carbons (Fsp3) is 0.857. The fourth-order valence-electron chi connectivity index (χ4n) is 2.95. The SMILES string of the molecule is CCC1(C)CN(C/C=C/Cl)C(C)(C2CC2)CN1. The Kier molecular flexibility index (Phi) is 3.86. The summed E-state index contributed by atoms with van der Waals surface area (Å²) < 4.78 is 0. The Balaban J connectivity index is 2.11. The first-order chi connectivity index (χ1) is 8.04. The smallest absolute Gasteiger partial charge is 0.0338 e. The van der Waals surface area contributed by atoms with Crippen LogP contribution in [0.2, 0.25) is 0 Å². The van der Waals surface area contributed by atoms with E-state index in [0.717, 1.165) is 25.6 Å². The number of piperazine rings is 1. The first-order valence-electron chi connectivity index (χ1n) is 6.79. The van der Waals surface area contributed by atoms with Crippen molar-refractivity contribution in [2.45, 2.75) is 51.1 Å². The minimum Gasteiger partial charge on any atom is -0.308 e. The third kappa shape index (κ3) is 2.69. The van der Waals surface area contributed by atoms with Gasteiger partial charge in [0.1, 0.15) is 0 Å². The number of hydrogen-bond donors (Lipinski definition) is 1. The maximum atomic E-state index is 5.69. The van der Waals surface area contributed by atoms with Gasteiger partial charge in [-0.2, -0.15) is 0 Å². The zero-order valence-electron chi connectivity index (χ0n) is 11.3. The Bertz CT molecular complexity index is 301. The van der Waals surface area contributed by atoms with Crippen LogP contribution in [0.25, 0.3) is 0 Å². The van der Waals surface area contributed by atoms with Gasteiger partial charge in [-0.3, -0.25) is 4.90 Å². The Labute approximate surface area is 110 Å². The topological polar surface area (TPSA) is 15.3 Å². The largest absolute Gasteiger partial charge is 0.308 e. The minimum atomic E-state index is 0.258. The Morgan fingerprint density at radius 2 is 2.12 bits per heavy atom. The molecule has 0 aromatic carbocycles. The van der Waals surface area contributed by atoms with Crippen molar-refractivity contribution in [3.8, 4) is 0 Å². The van der Waals surface area contributed by atoms with Gasteiger partial charge in [-0.15, -0.1) is 0 Å². The van der Waals surface area contributed by atoms with Crippen LogP contribution >= 0.6 is 11.6 Å². The molecule has 1 aliphatic carbocycles. The Hall–Kier alpha value is -0.0500. The molecule has 2 rings (SSSR count). The lowest BCUT2D eigenvalue weighted by Crippen LogP contribution is -2.68. The molecule has 98 valence electrons. The van der Waals surface area contributed by atoms with Gasteiger partial charge < -0.3 is 5.32 Å². The maximum absolute atomic E-state index is 5.69. The molecule has 2 fully saturated rings. The second-order valence-electron chi connectivity index (χ2n) is 6.14. The van der Waals surface area contributed by atoms with E-state index in [2.05, 4.69) is 37.1 Å². The van der Waals surface area contributed by atoms with Gasteiger partial charge in [-0.05, 0) is 39.0 Å². The van der Waals surface area contributed by atoms with Crippen molar-refractivity contribution in [3.05, 3.63) is 11.6 Å². The van der Waals surface area contributed by atoms with E-state index >= 15 is 0 Å². The predicted octanol–water partition coefficient (Wildman–Crippen LogP) is 2.98. The van der Waals surface area contributed by atoms with Crippen LogP contribution in [0.5, 0.6) is 0 Å². The third-order valence-electron chi connectivity index (χ3n) is 4.79. The van der Waals surface area contributed by atoms with Gasteiger partial charge in [-0.25, -0.2) is 0 Å². The Morgan fingerprint density at radius 3 is 2.65 bits per heavy atom. The monoisotopic (exact) mass is 256 g/mol. The van der Waals surface area contributed by atoms with E-state index in [1.54, 1.807) is 5.54 Å². The molecular weight excluding hydrogens is 232 g/mol. The molecule has 0 spiro atoms. The highest BCUT2D eigenvalue weighted by atomic mass is 35.5. The third-order valence-corrected chi connectivity index (χ3v) is 4.97.